The van der Waals surface area contributed by atoms with Crippen LogP contribution < -0.4 is 5.48 Å². The quantitative estimate of drug-likeness (QED) is 0.492. The number of ether oxygens (including phenoxy) is 1. The van der Waals surface area contributed by atoms with Gasteiger partial charge in [-0.15, -0.1) is 11.3 Å². The zero-order valence-electron chi connectivity index (χ0n) is 21.1. The molecule has 2 atom stereocenters. The minimum atomic E-state index is -3.83. The second-order valence-corrected chi connectivity index (χ2v) is 13.8. The van der Waals surface area contributed by atoms with Crippen LogP contribution in [0.2, 0.25) is 5.02 Å². The van der Waals surface area contributed by atoms with E-state index >= 15 is 0 Å². The molecule has 0 aliphatic carbocycles. The number of carbonyl (C=O) groups is 2. The van der Waals surface area contributed by atoms with Crippen LogP contribution in [0.4, 0.5) is 0 Å². The molecule has 2 aliphatic rings. The molecule has 8 nitrogen and oxygen atoms in total. The summed E-state index contributed by atoms with van der Waals surface area (Å²) in [5.74, 6) is -1.11. The van der Waals surface area contributed by atoms with Crippen LogP contribution in [0.15, 0.2) is 36.4 Å². The molecule has 0 radical (unpaired) electrons. The Morgan fingerprint density at radius 1 is 1.19 bits per heavy atom. The summed E-state index contributed by atoms with van der Waals surface area (Å²) < 4.78 is 31.8. The van der Waals surface area contributed by atoms with Gasteiger partial charge < -0.3 is 9.64 Å². The second kappa shape index (κ2) is 11.8. The van der Waals surface area contributed by atoms with E-state index in [9.17, 15) is 18.0 Å². The van der Waals surface area contributed by atoms with Gasteiger partial charge >= 0.3 is 0 Å². The lowest BCUT2D eigenvalue weighted by Crippen LogP contribution is -2.43. The summed E-state index contributed by atoms with van der Waals surface area (Å²) >= 11 is 7.38. The number of benzene rings is 1. The number of thiophene rings is 1. The summed E-state index contributed by atoms with van der Waals surface area (Å²) in [5.41, 5.74) is 3.33. The summed E-state index contributed by atoms with van der Waals surface area (Å²) in [6.07, 6.45) is 1.78. The van der Waals surface area contributed by atoms with Gasteiger partial charge in [0, 0.05) is 46.8 Å². The van der Waals surface area contributed by atoms with E-state index in [1.165, 1.54) is 11.3 Å². The fraction of sp³-hybridized carbons (Fsp3) is 0.538. The highest BCUT2D eigenvalue weighted by Crippen LogP contribution is 2.45. The van der Waals surface area contributed by atoms with Gasteiger partial charge in [-0.2, -0.15) is 0 Å². The number of carbonyl (C=O) groups excluding carboxylic acids is 2. The van der Waals surface area contributed by atoms with E-state index in [1.807, 2.05) is 18.2 Å². The monoisotopic (exact) mass is 568 g/mol. The Labute approximate surface area is 227 Å². The summed E-state index contributed by atoms with van der Waals surface area (Å²) in [6.45, 7) is 4.49. The molecule has 11 heteroatoms. The van der Waals surface area contributed by atoms with Crippen LogP contribution >= 0.6 is 22.9 Å². The van der Waals surface area contributed by atoms with Gasteiger partial charge in [0.25, 0.3) is 0 Å². The van der Waals surface area contributed by atoms with Crippen molar-refractivity contribution in [3.05, 3.63) is 46.3 Å². The lowest BCUT2D eigenvalue weighted by atomic mass is 9.97. The standard InChI is InChI=1S/C26H33ClN2O6S2/c1-18(2)25(31)29-13-12-26(37(32,33)16-14-29,17-23(30)28-35-24-5-3-4-15-34-24)22-11-10-21(36-22)19-6-8-20(27)9-7-19/h6-11,18,24H,3-5,12-17H2,1-2H3,(H,28,30). The van der Waals surface area contributed by atoms with Crippen molar-refractivity contribution in [3.8, 4) is 10.4 Å². The summed E-state index contributed by atoms with van der Waals surface area (Å²) in [5, 5.41) is 0.608. The predicted molar refractivity (Wildman–Crippen MR) is 144 cm³/mol. The molecule has 1 aromatic carbocycles. The number of halogens is 1. The fourth-order valence-electron chi connectivity index (χ4n) is 4.74. The molecule has 202 valence electrons. The molecule has 2 fully saturated rings. The largest absolute Gasteiger partial charge is 0.350 e. The number of hydroxylamine groups is 1. The Kier molecular flexibility index (Phi) is 8.96. The van der Waals surface area contributed by atoms with Crippen molar-refractivity contribution in [2.75, 3.05) is 25.4 Å². The average molecular weight is 569 g/mol. The van der Waals surface area contributed by atoms with Crippen LogP contribution in [0.25, 0.3) is 10.4 Å². The molecule has 2 aliphatic heterocycles. The van der Waals surface area contributed by atoms with Gasteiger partial charge in [0.1, 0.15) is 4.75 Å². The fourth-order valence-corrected chi connectivity index (χ4v) is 8.47. The number of sulfone groups is 1. The third-order valence-corrected chi connectivity index (χ3v) is 11.1. The first-order valence-electron chi connectivity index (χ1n) is 12.5. The van der Waals surface area contributed by atoms with Gasteiger partial charge in [-0.3, -0.25) is 9.59 Å². The third kappa shape index (κ3) is 6.37. The molecule has 2 unspecified atom stereocenters. The number of rotatable bonds is 7. The number of nitrogens with zero attached hydrogens (tertiary/aromatic N) is 1. The van der Waals surface area contributed by atoms with E-state index < -0.39 is 26.8 Å². The predicted octanol–water partition coefficient (Wildman–Crippen LogP) is 4.53. The average Bonchev–Trinajstić information content (AvgIpc) is 3.33. The van der Waals surface area contributed by atoms with Crippen molar-refractivity contribution in [1.82, 2.24) is 10.4 Å². The maximum Gasteiger partial charge on any atom is 0.245 e. The molecular weight excluding hydrogens is 536 g/mol. The van der Waals surface area contributed by atoms with Gasteiger partial charge in [0.2, 0.25) is 11.8 Å². The lowest BCUT2D eigenvalue weighted by molar-refractivity contribution is -0.200. The normalized spacial score (nSPS) is 24.0. The van der Waals surface area contributed by atoms with E-state index in [2.05, 4.69) is 5.48 Å². The van der Waals surface area contributed by atoms with Crippen molar-refractivity contribution in [2.45, 2.75) is 57.0 Å². The van der Waals surface area contributed by atoms with E-state index in [0.29, 0.717) is 22.9 Å². The highest BCUT2D eigenvalue weighted by atomic mass is 35.5. The molecule has 4 rings (SSSR count). The minimum absolute atomic E-state index is 0.0961. The van der Waals surface area contributed by atoms with Crippen molar-refractivity contribution < 1.29 is 27.6 Å². The third-order valence-electron chi connectivity index (χ3n) is 6.89. The van der Waals surface area contributed by atoms with Gasteiger partial charge in [-0.05, 0) is 49.1 Å². The summed E-state index contributed by atoms with van der Waals surface area (Å²) in [7, 11) is -3.83. The smallest absolute Gasteiger partial charge is 0.245 e. The number of nitrogens with one attached hydrogen (secondary N) is 1. The van der Waals surface area contributed by atoms with Gasteiger partial charge in [-0.1, -0.05) is 37.6 Å². The topological polar surface area (TPSA) is 102 Å². The Morgan fingerprint density at radius 3 is 2.62 bits per heavy atom. The molecule has 3 heterocycles. The van der Waals surface area contributed by atoms with Crippen molar-refractivity contribution in [2.24, 2.45) is 5.92 Å². The first-order valence-corrected chi connectivity index (χ1v) is 15.4. The molecule has 0 saturated carbocycles. The molecule has 1 aromatic heterocycles. The van der Waals surface area contributed by atoms with Crippen LogP contribution in [0.5, 0.6) is 0 Å². The lowest BCUT2D eigenvalue weighted by Gasteiger charge is -2.31. The number of hydrogen-bond donors (Lipinski definition) is 1. The Balaban J connectivity index is 1.65. The van der Waals surface area contributed by atoms with E-state index in [-0.39, 0.29) is 43.5 Å². The Hall–Kier alpha value is -1.98. The summed E-state index contributed by atoms with van der Waals surface area (Å²) in [4.78, 5) is 34.3. The highest BCUT2D eigenvalue weighted by molar-refractivity contribution is 7.92. The molecular formula is C26H33ClN2O6S2. The van der Waals surface area contributed by atoms with Crippen LogP contribution in [-0.2, 0) is 33.7 Å². The molecule has 0 bridgehead atoms. The molecule has 2 amide bonds. The minimum Gasteiger partial charge on any atom is -0.350 e. The molecule has 0 spiro atoms. The van der Waals surface area contributed by atoms with Crippen LogP contribution in [0.1, 0.15) is 50.8 Å². The molecule has 1 N–H and O–H groups in total. The zero-order chi connectivity index (χ0) is 26.6. The summed E-state index contributed by atoms with van der Waals surface area (Å²) in [6, 6.07) is 11.0. The van der Waals surface area contributed by atoms with Crippen molar-refractivity contribution >= 4 is 44.6 Å². The van der Waals surface area contributed by atoms with E-state index in [0.717, 1.165) is 23.3 Å². The van der Waals surface area contributed by atoms with Gasteiger partial charge in [0.05, 0.1) is 12.2 Å². The van der Waals surface area contributed by atoms with Crippen molar-refractivity contribution in [1.29, 1.82) is 0 Å². The zero-order valence-corrected chi connectivity index (χ0v) is 23.5. The van der Waals surface area contributed by atoms with Gasteiger partial charge in [0.15, 0.2) is 16.1 Å². The number of amides is 2. The van der Waals surface area contributed by atoms with Crippen molar-refractivity contribution in [3.63, 3.8) is 0 Å². The van der Waals surface area contributed by atoms with E-state index in [1.54, 1.807) is 36.9 Å². The maximum atomic E-state index is 13.9. The van der Waals surface area contributed by atoms with Crippen LogP contribution in [0, 0.1) is 5.92 Å². The van der Waals surface area contributed by atoms with Crippen LogP contribution in [-0.4, -0.2) is 56.9 Å². The first kappa shape index (κ1) is 28.0. The Bertz CT molecular complexity index is 1210. The highest BCUT2D eigenvalue weighted by Gasteiger charge is 2.50. The molecule has 2 saturated heterocycles. The second-order valence-electron chi connectivity index (χ2n) is 9.83. The first-order chi connectivity index (χ1) is 17.6. The van der Waals surface area contributed by atoms with E-state index in [4.69, 9.17) is 21.2 Å². The Morgan fingerprint density at radius 2 is 1.95 bits per heavy atom. The van der Waals surface area contributed by atoms with Crippen LogP contribution in [0.3, 0.4) is 0 Å². The molecule has 37 heavy (non-hydrogen) atoms. The number of hydrogen-bond acceptors (Lipinski definition) is 7. The molecule has 2 aromatic rings. The maximum absolute atomic E-state index is 13.9. The van der Waals surface area contributed by atoms with Gasteiger partial charge in [-0.25, -0.2) is 18.7 Å². The SMILES string of the molecule is CC(C)C(=O)N1CCC(CC(=O)NOC2CCCCO2)(c2ccc(-c3ccc(Cl)cc3)s2)S(=O)(=O)CC1.